The van der Waals surface area contributed by atoms with Crippen LogP contribution in [-0.2, 0) is 20.9 Å². The normalized spacial score (nSPS) is 22.3. The summed E-state index contributed by atoms with van der Waals surface area (Å²) in [6.07, 6.45) is 0. The van der Waals surface area contributed by atoms with Crippen molar-refractivity contribution in [3.05, 3.63) is 0 Å². The Morgan fingerprint density at radius 3 is 2.00 bits per heavy atom. The SMILES string of the molecule is S=[P]1OCCO1. The van der Waals surface area contributed by atoms with Crippen LogP contribution >= 0.6 is 7.15 Å². The minimum absolute atomic E-state index is 0.690. The van der Waals surface area contributed by atoms with Crippen LogP contribution in [0.1, 0.15) is 0 Å². The summed E-state index contributed by atoms with van der Waals surface area (Å²) in [6, 6.07) is 0. The minimum Gasteiger partial charge on any atom is -0.302 e. The molecule has 0 atom stereocenters. The smallest absolute Gasteiger partial charge is 0.202 e. The lowest BCUT2D eigenvalue weighted by Crippen LogP contribution is -1.79. The maximum atomic E-state index is 4.81. The van der Waals surface area contributed by atoms with Gasteiger partial charge in [0.25, 0.3) is 0 Å². The van der Waals surface area contributed by atoms with Crippen LogP contribution in [0, 0.1) is 0 Å². The predicted molar refractivity (Wildman–Crippen MR) is 26.2 cm³/mol. The van der Waals surface area contributed by atoms with E-state index in [9.17, 15) is 0 Å². The van der Waals surface area contributed by atoms with E-state index in [1.807, 2.05) is 0 Å². The van der Waals surface area contributed by atoms with Crippen LogP contribution in [0.4, 0.5) is 0 Å². The second kappa shape index (κ2) is 1.94. The molecule has 1 rings (SSSR count). The first-order valence-electron chi connectivity index (χ1n) is 1.63. The van der Waals surface area contributed by atoms with E-state index in [1.165, 1.54) is 0 Å². The summed E-state index contributed by atoms with van der Waals surface area (Å²) in [4.78, 5) is 0. The molecule has 1 saturated heterocycles. The van der Waals surface area contributed by atoms with Crippen molar-refractivity contribution in [2.75, 3.05) is 13.2 Å². The summed E-state index contributed by atoms with van der Waals surface area (Å²) in [7, 11) is -0.882. The first-order valence-corrected chi connectivity index (χ1v) is 3.82. The van der Waals surface area contributed by atoms with Gasteiger partial charge in [-0.2, -0.15) is 0 Å². The van der Waals surface area contributed by atoms with Crippen molar-refractivity contribution in [1.82, 2.24) is 0 Å². The van der Waals surface area contributed by atoms with E-state index in [4.69, 9.17) is 9.05 Å². The van der Waals surface area contributed by atoms with Crippen molar-refractivity contribution < 1.29 is 9.05 Å². The molecule has 0 amide bonds. The first-order chi connectivity index (χ1) is 2.89. The average molecular weight is 123 g/mol. The third kappa shape index (κ3) is 0.949. The fraction of sp³-hybridized carbons (Fsp3) is 1.00. The summed E-state index contributed by atoms with van der Waals surface area (Å²) >= 11 is 4.62. The van der Waals surface area contributed by atoms with E-state index < -0.39 is 7.15 Å². The van der Waals surface area contributed by atoms with Gasteiger partial charge in [-0.1, -0.05) is 0 Å². The predicted octanol–water partition coefficient (Wildman–Crippen LogP) is 0.807. The Balaban J connectivity index is 2.37. The molecule has 1 fully saturated rings. The highest BCUT2D eigenvalue weighted by Gasteiger charge is 2.03. The topological polar surface area (TPSA) is 18.5 Å². The van der Waals surface area contributed by atoms with E-state index in [2.05, 4.69) is 11.8 Å². The molecule has 0 saturated carbocycles. The molecule has 1 aliphatic heterocycles. The number of hydrogen-bond acceptors (Lipinski definition) is 3. The zero-order chi connectivity index (χ0) is 4.41. The molecule has 35 valence electrons. The molecule has 0 aromatic rings. The Morgan fingerprint density at radius 1 is 1.33 bits per heavy atom. The van der Waals surface area contributed by atoms with Gasteiger partial charge in [-0.15, -0.1) is 0 Å². The van der Waals surface area contributed by atoms with Crippen LogP contribution in [0.3, 0.4) is 0 Å². The molecule has 1 aliphatic rings. The van der Waals surface area contributed by atoms with E-state index in [1.54, 1.807) is 0 Å². The molecule has 2 nitrogen and oxygen atoms in total. The third-order valence-electron chi connectivity index (χ3n) is 0.477. The highest BCUT2D eigenvalue weighted by atomic mass is 32.4. The van der Waals surface area contributed by atoms with Crippen LogP contribution in [0.5, 0.6) is 0 Å². The molecule has 0 aliphatic carbocycles. The molecule has 1 heterocycles. The van der Waals surface area contributed by atoms with Gasteiger partial charge in [0.15, 0.2) is 0 Å². The zero-order valence-corrected chi connectivity index (χ0v) is 4.80. The van der Waals surface area contributed by atoms with Crippen molar-refractivity contribution >= 4 is 19.0 Å². The number of rotatable bonds is 0. The van der Waals surface area contributed by atoms with Crippen LogP contribution in [0.25, 0.3) is 0 Å². The Hall–Kier alpha value is 0.440. The largest absolute Gasteiger partial charge is 0.302 e. The lowest BCUT2D eigenvalue weighted by Gasteiger charge is -1.80. The molecule has 1 radical (unpaired) electrons. The van der Waals surface area contributed by atoms with Gasteiger partial charge in [-0.25, -0.2) is 0 Å². The molecule has 0 aromatic heterocycles. The van der Waals surface area contributed by atoms with Gasteiger partial charge in [0.2, 0.25) is 7.15 Å². The summed E-state index contributed by atoms with van der Waals surface area (Å²) in [5, 5.41) is 0. The highest BCUT2D eigenvalue weighted by molar-refractivity contribution is 8.00. The third-order valence-corrected chi connectivity index (χ3v) is 1.90. The van der Waals surface area contributed by atoms with Gasteiger partial charge >= 0.3 is 0 Å². The molecule has 0 N–H and O–H groups in total. The highest BCUT2D eigenvalue weighted by Crippen LogP contribution is 2.28. The molecular formula is C2H4O2PS. The Morgan fingerprint density at radius 2 is 1.83 bits per heavy atom. The molecule has 0 unspecified atom stereocenters. The fourth-order valence-electron chi connectivity index (χ4n) is 0.261. The van der Waals surface area contributed by atoms with Crippen molar-refractivity contribution in [1.29, 1.82) is 0 Å². The van der Waals surface area contributed by atoms with Crippen molar-refractivity contribution in [3.8, 4) is 0 Å². The molecule has 0 aromatic carbocycles. The van der Waals surface area contributed by atoms with E-state index in [0.29, 0.717) is 13.2 Å². The lowest BCUT2D eigenvalue weighted by molar-refractivity contribution is 0.365. The summed E-state index contributed by atoms with van der Waals surface area (Å²) < 4.78 is 9.62. The minimum atomic E-state index is -0.882. The second-order valence-electron chi connectivity index (χ2n) is 0.890. The van der Waals surface area contributed by atoms with Crippen LogP contribution in [0.2, 0.25) is 0 Å². The monoisotopic (exact) mass is 123 g/mol. The van der Waals surface area contributed by atoms with Crippen molar-refractivity contribution in [2.24, 2.45) is 0 Å². The van der Waals surface area contributed by atoms with Gasteiger partial charge in [-0.3, -0.25) is 0 Å². The van der Waals surface area contributed by atoms with Crippen molar-refractivity contribution in [2.45, 2.75) is 0 Å². The summed E-state index contributed by atoms with van der Waals surface area (Å²) in [5.41, 5.74) is 0. The Kier molecular flexibility index (Phi) is 1.48. The van der Waals surface area contributed by atoms with Crippen LogP contribution in [0.15, 0.2) is 0 Å². The molecule has 0 bridgehead atoms. The maximum Gasteiger partial charge on any atom is 0.202 e. The van der Waals surface area contributed by atoms with Gasteiger partial charge in [-0.05, 0) is 11.8 Å². The average Bonchev–Trinajstić information content (AvgIpc) is 1.86. The second-order valence-corrected chi connectivity index (χ2v) is 2.75. The van der Waals surface area contributed by atoms with Gasteiger partial charge in [0, 0.05) is 0 Å². The standard InChI is InChI=1S/C2H4O2PS/c6-5-3-1-2-4-5/h1-2H2. The van der Waals surface area contributed by atoms with E-state index >= 15 is 0 Å². The molecular weight excluding hydrogens is 119 g/mol. The summed E-state index contributed by atoms with van der Waals surface area (Å²) in [6.45, 7) is 1.38. The Bertz CT molecular complexity index is 65.9. The fourth-order valence-corrected chi connectivity index (χ4v) is 1.23. The quantitative estimate of drug-likeness (QED) is 0.444. The van der Waals surface area contributed by atoms with Gasteiger partial charge in [0.05, 0.1) is 13.2 Å². The summed E-state index contributed by atoms with van der Waals surface area (Å²) in [5.74, 6) is 0. The maximum absolute atomic E-state index is 4.81. The molecule has 4 heteroatoms. The van der Waals surface area contributed by atoms with E-state index in [0.717, 1.165) is 0 Å². The molecule has 0 spiro atoms. The van der Waals surface area contributed by atoms with Gasteiger partial charge in [0.1, 0.15) is 0 Å². The first kappa shape index (κ1) is 4.60. The van der Waals surface area contributed by atoms with Crippen molar-refractivity contribution in [3.63, 3.8) is 0 Å². The van der Waals surface area contributed by atoms with E-state index in [-0.39, 0.29) is 0 Å². The number of hydrogen-bond donors (Lipinski definition) is 0. The zero-order valence-electron chi connectivity index (χ0n) is 3.09. The Labute approximate surface area is 42.0 Å². The van der Waals surface area contributed by atoms with Gasteiger partial charge < -0.3 is 9.05 Å². The van der Waals surface area contributed by atoms with Crippen LogP contribution in [-0.4, -0.2) is 13.2 Å². The van der Waals surface area contributed by atoms with Crippen LogP contribution < -0.4 is 0 Å². The molecule has 6 heavy (non-hydrogen) atoms. The lowest BCUT2D eigenvalue weighted by atomic mass is 10.8.